The Labute approximate surface area is 122 Å². The van der Waals surface area contributed by atoms with E-state index in [0.717, 1.165) is 23.6 Å². The van der Waals surface area contributed by atoms with Crippen molar-refractivity contribution in [3.8, 4) is 0 Å². The maximum absolute atomic E-state index is 6.01. The fraction of sp³-hybridized carbons (Fsp3) is 0.625. The summed E-state index contributed by atoms with van der Waals surface area (Å²) in [5, 5.41) is 0.742. The number of rotatable bonds is 9. The van der Waals surface area contributed by atoms with Crippen molar-refractivity contribution < 1.29 is 4.74 Å². The normalized spacial score (nSPS) is 14.3. The monoisotopic (exact) mass is 283 g/mol. The second kappa shape index (κ2) is 9.35. The van der Waals surface area contributed by atoms with Crippen molar-refractivity contribution in [2.45, 2.75) is 58.1 Å². The quantitative estimate of drug-likeness (QED) is 0.666. The summed E-state index contributed by atoms with van der Waals surface area (Å²) in [6.45, 7) is 4.98. The van der Waals surface area contributed by atoms with Gasteiger partial charge in [-0.25, -0.2) is 0 Å². The molecule has 0 spiro atoms. The fourth-order valence-corrected chi connectivity index (χ4v) is 2.25. The number of ether oxygens (including phenoxy) is 1. The maximum atomic E-state index is 6.01. The Morgan fingerprint density at radius 2 is 1.74 bits per heavy atom. The van der Waals surface area contributed by atoms with Crippen molar-refractivity contribution in [1.29, 1.82) is 0 Å². The third kappa shape index (κ3) is 6.42. The summed E-state index contributed by atoms with van der Waals surface area (Å²) in [5.41, 5.74) is 7.12. The molecule has 0 aliphatic heterocycles. The summed E-state index contributed by atoms with van der Waals surface area (Å²) in [5.74, 6) is 0. The number of unbranched alkanes of at least 4 members (excludes halogenated alkanes) is 4. The van der Waals surface area contributed by atoms with Gasteiger partial charge >= 0.3 is 0 Å². The van der Waals surface area contributed by atoms with Gasteiger partial charge in [0.2, 0.25) is 0 Å². The number of nitrogens with two attached hydrogens (primary N) is 1. The lowest BCUT2D eigenvalue weighted by molar-refractivity contribution is 0.0358. The van der Waals surface area contributed by atoms with Crippen LogP contribution in [0.4, 0.5) is 0 Å². The van der Waals surface area contributed by atoms with Crippen molar-refractivity contribution >= 4 is 11.6 Å². The predicted molar refractivity (Wildman–Crippen MR) is 82.6 cm³/mol. The molecule has 0 aliphatic rings. The van der Waals surface area contributed by atoms with E-state index >= 15 is 0 Å². The van der Waals surface area contributed by atoms with Crippen LogP contribution in [0.2, 0.25) is 5.02 Å². The summed E-state index contributed by atoms with van der Waals surface area (Å²) >= 11 is 5.90. The Bertz CT molecular complexity index is 337. The number of hydrogen-bond acceptors (Lipinski definition) is 2. The van der Waals surface area contributed by atoms with Gasteiger partial charge in [0.05, 0.1) is 6.10 Å². The largest absolute Gasteiger partial charge is 0.372 e. The Hall–Kier alpha value is -0.570. The second-order valence-corrected chi connectivity index (χ2v) is 5.55. The average molecular weight is 284 g/mol. The second-order valence-electron chi connectivity index (χ2n) is 5.12. The zero-order valence-corrected chi connectivity index (χ0v) is 12.8. The van der Waals surface area contributed by atoms with Gasteiger partial charge in [-0.05, 0) is 31.0 Å². The molecule has 2 nitrogen and oxygen atoms in total. The molecule has 19 heavy (non-hydrogen) atoms. The summed E-state index contributed by atoms with van der Waals surface area (Å²) in [6.07, 6.45) is 6.19. The zero-order chi connectivity index (χ0) is 14.1. The molecule has 0 amide bonds. The molecule has 0 saturated heterocycles. The topological polar surface area (TPSA) is 35.2 Å². The number of benzene rings is 1. The maximum Gasteiger partial charge on any atom is 0.0972 e. The lowest BCUT2D eigenvalue weighted by atomic mass is 10.0. The van der Waals surface area contributed by atoms with Gasteiger partial charge in [0.1, 0.15) is 0 Å². The van der Waals surface area contributed by atoms with Crippen LogP contribution in [0.1, 0.15) is 57.6 Å². The number of halogens is 1. The van der Waals surface area contributed by atoms with Gasteiger partial charge in [-0.3, -0.25) is 0 Å². The van der Waals surface area contributed by atoms with Crippen LogP contribution in [-0.4, -0.2) is 12.6 Å². The van der Waals surface area contributed by atoms with Crippen molar-refractivity contribution in [3.63, 3.8) is 0 Å². The number of hydrogen-bond donors (Lipinski definition) is 1. The molecule has 3 heteroatoms. The Kier molecular flexibility index (Phi) is 8.11. The molecule has 0 aliphatic carbocycles. The molecule has 2 atom stereocenters. The van der Waals surface area contributed by atoms with Gasteiger partial charge in [-0.15, -0.1) is 0 Å². The highest BCUT2D eigenvalue weighted by molar-refractivity contribution is 6.30. The SMILES string of the molecule is CCCCCCCOC(c1ccc(Cl)cc1)C(C)N. The highest BCUT2D eigenvalue weighted by Crippen LogP contribution is 2.22. The Balaban J connectivity index is 2.39. The van der Waals surface area contributed by atoms with Gasteiger partial charge in [0.15, 0.2) is 0 Å². The fourth-order valence-electron chi connectivity index (χ4n) is 2.12. The van der Waals surface area contributed by atoms with E-state index in [1.165, 1.54) is 25.7 Å². The highest BCUT2D eigenvalue weighted by atomic mass is 35.5. The van der Waals surface area contributed by atoms with E-state index in [-0.39, 0.29) is 12.1 Å². The third-order valence-electron chi connectivity index (χ3n) is 3.22. The molecule has 2 unspecified atom stereocenters. The van der Waals surface area contributed by atoms with E-state index < -0.39 is 0 Å². The average Bonchev–Trinajstić information content (AvgIpc) is 2.39. The van der Waals surface area contributed by atoms with Gasteiger partial charge in [-0.1, -0.05) is 56.3 Å². The van der Waals surface area contributed by atoms with Crippen LogP contribution in [-0.2, 0) is 4.74 Å². The van der Waals surface area contributed by atoms with E-state index in [9.17, 15) is 0 Å². The summed E-state index contributed by atoms with van der Waals surface area (Å²) in [4.78, 5) is 0. The molecule has 1 aromatic carbocycles. The zero-order valence-electron chi connectivity index (χ0n) is 12.1. The first-order chi connectivity index (χ1) is 9.15. The van der Waals surface area contributed by atoms with E-state index in [1.54, 1.807) is 0 Å². The van der Waals surface area contributed by atoms with Crippen molar-refractivity contribution in [2.24, 2.45) is 5.73 Å². The smallest absolute Gasteiger partial charge is 0.0972 e. The van der Waals surface area contributed by atoms with Gasteiger partial charge in [0, 0.05) is 17.7 Å². The van der Waals surface area contributed by atoms with Crippen LogP contribution in [0.25, 0.3) is 0 Å². The van der Waals surface area contributed by atoms with Gasteiger partial charge in [0.25, 0.3) is 0 Å². The summed E-state index contributed by atoms with van der Waals surface area (Å²) in [6, 6.07) is 7.74. The third-order valence-corrected chi connectivity index (χ3v) is 3.47. The molecule has 0 bridgehead atoms. The minimum atomic E-state index is -0.0385. The van der Waals surface area contributed by atoms with Gasteiger partial charge in [-0.2, -0.15) is 0 Å². The first-order valence-corrected chi connectivity index (χ1v) is 7.65. The molecule has 0 aromatic heterocycles. The minimum absolute atomic E-state index is 0.0168. The lowest BCUT2D eigenvalue weighted by Crippen LogP contribution is -2.27. The predicted octanol–water partition coefficient (Wildman–Crippen LogP) is 4.72. The molecule has 2 N–H and O–H groups in total. The first-order valence-electron chi connectivity index (χ1n) is 7.27. The standard InChI is InChI=1S/C16H26ClNO/c1-3-4-5-6-7-12-19-16(13(2)18)14-8-10-15(17)11-9-14/h8-11,13,16H,3-7,12,18H2,1-2H3. The first kappa shape index (κ1) is 16.5. The van der Waals surface area contributed by atoms with Crippen LogP contribution >= 0.6 is 11.6 Å². The lowest BCUT2D eigenvalue weighted by Gasteiger charge is -2.22. The molecule has 1 aromatic rings. The Morgan fingerprint density at radius 1 is 1.11 bits per heavy atom. The Morgan fingerprint density at radius 3 is 2.32 bits per heavy atom. The molecule has 1 rings (SSSR count). The molecule has 0 radical (unpaired) electrons. The van der Waals surface area contributed by atoms with Crippen molar-refractivity contribution in [2.75, 3.05) is 6.61 Å². The molecule has 0 fully saturated rings. The van der Waals surface area contributed by atoms with E-state index in [1.807, 2.05) is 31.2 Å². The van der Waals surface area contributed by atoms with E-state index in [4.69, 9.17) is 22.1 Å². The molecule has 108 valence electrons. The molecular weight excluding hydrogens is 258 g/mol. The van der Waals surface area contributed by atoms with Crippen LogP contribution < -0.4 is 5.73 Å². The van der Waals surface area contributed by atoms with E-state index in [2.05, 4.69) is 6.92 Å². The van der Waals surface area contributed by atoms with Crippen LogP contribution in [0.3, 0.4) is 0 Å². The molecule has 0 saturated carbocycles. The van der Waals surface area contributed by atoms with E-state index in [0.29, 0.717) is 0 Å². The van der Waals surface area contributed by atoms with Crippen molar-refractivity contribution in [1.82, 2.24) is 0 Å². The van der Waals surface area contributed by atoms with Crippen LogP contribution in [0, 0.1) is 0 Å². The van der Waals surface area contributed by atoms with Gasteiger partial charge < -0.3 is 10.5 Å². The van der Waals surface area contributed by atoms with Crippen molar-refractivity contribution in [3.05, 3.63) is 34.9 Å². The minimum Gasteiger partial charge on any atom is -0.372 e. The summed E-state index contributed by atoms with van der Waals surface area (Å²) in [7, 11) is 0. The summed E-state index contributed by atoms with van der Waals surface area (Å²) < 4.78 is 5.94. The molecule has 0 heterocycles. The molecular formula is C16H26ClNO. The van der Waals surface area contributed by atoms with Crippen LogP contribution in [0.5, 0.6) is 0 Å². The van der Waals surface area contributed by atoms with Crippen LogP contribution in [0.15, 0.2) is 24.3 Å². The highest BCUT2D eigenvalue weighted by Gasteiger charge is 2.16.